The van der Waals surface area contributed by atoms with Crippen molar-refractivity contribution in [1.29, 1.82) is 0 Å². The number of hydrogen-bond donors (Lipinski definition) is 2. The molecule has 1 saturated carbocycles. The lowest BCUT2D eigenvalue weighted by atomic mass is 9.81. The maximum absolute atomic E-state index is 13.9. The van der Waals surface area contributed by atoms with E-state index in [4.69, 9.17) is 0 Å². The third-order valence-electron chi connectivity index (χ3n) is 4.14. The lowest BCUT2D eigenvalue weighted by Gasteiger charge is -2.39. The average molecular weight is 346 g/mol. The quantitative estimate of drug-likeness (QED) is 0.819. The van der Waals surface area contributed by atoms with E-state index < -0.39 is 29.3 Å². The number of carbonyl (C=O) groups is 2. The molecule has 1 aromatic rings. The van der Waals surface area contributed by atoms with E-state index in [1.807, 2.05) is 0 Å². The van der Waals surface area contributed by atoms with Gasteiger partial charge in [-0.1, -0.05) is 19.3 Å². The number of alkyl halides is 3. The van der Waals surface area contributed by atoms with Gasteiger partial charge in [0.2, 0.25) is 5.91 Å². The fourth-order valence-corrected chi connectivity index (χ4v) is 2.87. The Morgan fingerprint density at radius 2 is 1.75 bits per heavy atom. The molecule has 2 amide bonds. The number of hydrogen-bond acceptors (Lipinski definition) is 2. The van der Waals surface area contributed by atoms with Crippen molar-refractivity contribution in [3.63, 3.8) is 0 Å². The highest BCUT2D eigenvalue weighted by Crippen LogP contribution is 2.41. The van der Waals surface area contributed by atoms with E-state index in [0.717, 1.165) is 12.1 Å². The molecule has 1 aromatic carbocycles. The summed E-state index contributed by atoms with van der Waals surface area (Å²) in [6, 6.07) is 3.14. The first-order chi connectivity index (χ1) is 11.1. The Hall–Kier alpha value is -2.12. The minimum absolute atomic E-state index is 0.137. The number of carbonyl (C=O) groups excluding carboxylic acids is 2. The molecule has 0 heterocycles. The second-order valence-electron chi connectivity index (χ2n) is 5.97. The summed E-state index contributed by atoms with van der Waals surface area (Å²) in [5, 5.41) is 4.28. The van der Waals surface area contributed by atoms with Crippen LogP contribution in [0.3, 0.4) is 0 Å². The van der Waals surface area contributed by atoms with Crippen LogP contribution in [0.2, 0.25) is 0 Å². The number of halogens is 4. The molecular formula is C16H18F4N2O2. The lowest BCUT2D eigenvalue weighted by molar-refractivity contribution is -0.201. The van der Waals surface area contributed by atoms with Gasteiger partial charge in [-0.3, -0.25) is 9.59 Å². The van der Waals surface area contributed by atoms with Crippen molar-refractivity contribution in [3.05, 3.63) is 29.6 Å². The van der Waals surface area contributed by atoms with E-state index in [1.54, 1.807) is 0 Å². The van der Waals surface area contributed by atoms with Crippen LogP contribution in [0.4, 0.5) is 23.2 Å². The van der Waals surface area contributed by atoms with Gasteiger partial charge in [0.05, 0.1) is 5.69 Å². The Balaban J connectivity index is 2.21. The molecule has 0 saturated heterocycles. The second-order valence-corrected chi connectivity index (χ2v) is 5.97. The van der Waals surface area contributed by atoms with Crippen molar-refractivity contribution in [2.24, 2.45) is 0 Å². The van der Waals surface area contributed by atoms with E-state index in [2.05, 4.69) is 10.6 Å². The van der Waals surface area contributed by atoms with Crippen LogP contribution in [0.25, 0.3) is 0 Å². The smallest absolute Gasteiger partial charge is 0.338 e. The minimum atomic E-state index is -4.57. The fraction of sp³-hybridized carbons (Fsp3) is 0.500. The van der Waals surface area contributed by atoms with Crippen molar-refractivity contribution in [2.75, 3.05) is 5.32 Å². The minimum Gasteiger partial charge on any atom is -0.338 e. The summed E-state index contributed by atoms with van der Waals surface area (Å²) < 4.78 is 54.1. The zero-order chi connectivity index (χ0) is 18.0. The van der Waals surface area contributed by atoms with Crippen LogP contribution in [-0.2, 0) is 4.79 Å². The fourth-order valence-electron chi connectivity index (χ4n) is 2.87. The average Bonchev–Trinajstić information content (AvgIpc) is 2.48. The number of benzene rings is 1. The van der Waals surface area contributed by atoms with Gasteiger partial charge in [-0.2, -0.15) is 13.2 Å². The predicted molar refractivity (Wildman–Crippen MR) is 80.0 cm³/mol. The summed E-state index contributed by atoms with van der Waals surface area (Å²) in [6.45, 7) is 1.19. The van der Waals surface area contributed by atoms with Crippen LogP contribution in [0.15, 0.2) is 18.2 Å². The van der Waals surface area contributed by atoms with Crippen molar-refractivity contribution >= 4 is 17.5 Å². The molecule has 4 nitrogen and oxygen atoms in total. The highest BCUT2D eigenvalue weighted by molar-refractivity contribution is 5.96. The molecule has 0 bridgehead atoms. The number of nitrogens with one attached hydrogen (secondary N) is 2. The lowest BCUT2D eigenvalue weighted by Crippen LogP contribution is -2.59. The molecular weight excluding hydrogens is 328 g/mol. The van der Waals surface area contributed by atoms with Gasteiger partial charge in [0.15, 0.2) is 0 Å². The molecule has 0 atom stereocenters. The molecule has 1 fully saturated rings. The Morgan fingerprint density at radius 1 is 1.12 bits per heavy atom. The SMILES string of the molecule is CC(=O)Nc1ccc(C(=O)NC2(C(F)(F)F)CCCCC2)cc1F. The van der Waals surface area contributed by atoms with Crippen LogP contribution < -0.4 is 10.6 Å². The first-order valence-corrected chi connectivity index (χ1v) is 7.61. The molecule has 2 N–H and O–H groups in total. The van der Waals surface area contributed by atoms with Crippen molar-refractivity contribution in [2.45, 2.75) is 50.7 Å². The first kappa shape index (κ1) is 18.2. The molecule has 0 aliphatic heterocycles. The van der Waals surface area contributed by atoms with E-state index in [-0.39, 0.29) is 24.1 Å². The summed E-state index contributed by atoms with van der Waals surface area (Å²) in [6.07, 6.45) is -3.51. The monoisotopic (exact) mass is 346 g/mol. The topological polar surface area (TPSA) is 58.2 Å². The van der Waals surface area contributed by atoms with Gasteiger partial charge in [-0.05, 0) is 31.0 Å². The van der Waals surface area contributed by atoms with E-state index in [0.29, 0.717) is 19.3 Å². The number of amides is 2. The second kappa shape index (κ2) is 6.78. The molecule has 0 aromatic heterocycles. The predicted octanol–water partition coefficient (Wildman–Crippen LogP) is 3.78. The summed E-state index contributed by atoms with van der Waals surface area (Å²) in [4.78, 5) is 23.1. The highest BCUT2D eigenvalue weighted by atomic mass is 19.4. The maximum atomic E-state index is 13.9. The first-order valence-electron chi connectivity index (χ1n) is 7.61. The van der Waals surface area contributed by atoms with Crippen LogP contribution in [0.5, 0.6) is 0 Å². The van der Waals surface area contributed by atoms with Gasteiger partial charge in [-0.15, -0.1) is 0 Å². The zero-order valence-corrected chi connectivity index (χ0v) is 13.1. The Labute approximate surface area is 136 Å². The van der Waals surface area contributed by atoms with Gasteiger partial charge in [0.25, 0.3) is 5.91 Å². The van der Waals surface area contributed by atoms with Crippen LogP contribution in [0, 0.1) is 5.82 Å². The summed E-state index contributed by atoms with van der Waals surface area (Å²) in [7, 11) is 0. The molecule has 1 aliphatic carbocycles. The molecule has 0 unspecified atom stereocenters. The van der Waals surface area contributed by atoms with Gasteiger partial charge in [-0.25, -0.2) is 4.39 Å². The molecule has 132 valence electrons. The van der Waals surface area contributed by atoms with E-state index in [1.165, 1.54) is 13.0 Å². The molecule has 8 heteroatoms. The molecule has 24 heavy (non-hydrogen) atoms. The molecule has 0 radical (unpaired) electrons. The normalized spacial score (nSPS) is 17.2. The zero-order valence-electron chi connectivity index (χ0n) is 13.1. The third kappa shape index (κ3) is 3.85. The largest absolute Gasteiger partial charge is 0.411 e. The van der Waals surface area contributed by atoms with E-state index in [9.17, 15) is 27.2 Å². The Kier molecular flexibility index (Phi) is 5.15. The van der Waals surface area contributed by atoms with Gasteiger partial charge < -0.3 is 10.6 Å². The van der Waals surface area contributed by atoms with Gasteiger partial charge in [0.1, 0.15) is 11.4 Å². The summed E-state index contributed by atoms with van der Waals surface area (Å²) in [5.74, 6) is -2.37. The van der Waals surface area contributed by atoms with Gasteiger partial charge in [0, 0.05) is 12.5 Å². The van der Waals surface area contributed by atoms with Crippen LogP contribution in [-0.4, -0.2) is 23.5 Å². The number of anilines is 1. The molecule has 0 spiro atoms. The standard InChI is InChI=1S/C16H18F4N2O2/c1-10(23)21-13-6-5-11(9-12(13)17)14(24)22-15(16(18,19)20)7-3-2-4-8-15/h5-6,9H,2-4,7-8H2,1H3,(H,21,23)(H,22,24). The summed E-state index contributed by atoms with van der Waals surface area (Å²) >= 11 is 0. The Morgan fingerprint density at radius 3 is 2.25 bits per heavy atom. The number of rotatable bonds is 3. The van der Waals surface area contributed by atoms with Gasteiger partial charge >= 0.3 is 6.18 Å². The third-order valence-corrected chi connectivity index (χ3v) is 4.14. The van der Waals surface area contributed by atoms with Crippen molar-refractivity contribution in [1.82, 2.24) is 5.32 Å². The van der Waals surface area contributed by atoms with Crippen molar-refractivity contribution < 1.29 is 27.2 Å². The van der Waals surface area contributed by atoms with Crippen molar-refractivity contribution in [3.8, 4) is 0 Å². The molecule has 2 rings (SSSR count). The van der Waals surface area contributed by atoms with Crippen LogP contribution >= 0.6 is 0 Å². The molecule has 1 aliphatic rings. The Bertz CT molecular complexity index is 637. The van der Waals surface area contributed by atoms with Crippen LogP contribution in [0.1, 0.15) is 49.4 Å². The summed E-state index contributed by atoms with van der Waals surface area (Å²) in [5.41, 5.74) is -2.63. The van der Waals surface area contributed by atoms with E-state index >= 15 is 0 Å². The highest BCUT2D eigenvalue weighted by Gasteiger charge is 2.55. The maximum Gasteiger partial charge on any atom is 0.411 e.